The number of hydrogen-bond donors (Lipinski definition) is 3. The molecule has 0 bridgehead atoms. The van der Waals surface area contributed by atoms with Crippen LogP contribution in [0.5, 0.6) is 0 Å². The van der Waals surface area contributed by atoms with Crippen molar-refractivity contribution in [2.24, 2.45) is 0 Å². The standard InChI is InChI=1S/C19H23N5O/c1-12(18-13(2)23-24-14(18)3)19(25)21-11-10-20-17-9-8-15-6-4-5-7-16(15)22-17/h4-9,12H,10-11H2,1-3H3,(H,20,22)(H,21,25)(H,23,24)/t12-/m1/s1. The first-order valence-electron chi connectivity index (χ1n) is 8.45. The highest BCUT2D eigenvalue weighted by Gasteiger charge is 2.20. The Morgan fingerprint density at radius 1 is 1.16 bits per heavy atom. The van der Waals surface area contributed by atoms with Gasteiger partial charge in [-0.1, -0.05) is 18.2 Å². The van der Waals surface area contributed by atoms with Crippen LogP contribution in [0, 0.1) is 13.8 Å². The number of rotatable bonds is 6. The second-order valence-corrected chi connectivity index (χ2v) is 6.18. The number of hydrogen-bond acceptors (Lipinski definition) is 4. The Bertz CT molecular complexity index is 867. The van der Waals surface area contributed by atoms with Crippen LogP contribution < -0.4 is 10.6 Å². The van der Waals surface area contributed by atoms with Crippen molar-refractivity contribution in [3.63, 3.8) is 0 Å². The molecule has 1 amide bonds. The number of aryl methyl sites for hydroxylation is 2. The number of nitrogens with one attached hydrogen (secondary N) is 3. The molecule has 3 aromatic rings. The topological polar surface area (TPSA) is 82.7 Å². The Balaban J connectivity index is 1.51. The number of benzene rings is 1. The highest BCUT2D eigenvalue weighted by molar-refractivity contribution is 5.83. The Kier molecular flexibility index (Phi) is 4.97. The Labute approximate surface area is 147 Å². The van der Waals surface area contributed by atoms with E-state index in [1.165, 1.54) is 0 Å². The summed E-state index contributed by atoms with van der Waals surface area (Å²) in [5, 5.41) is 14.4. The van der Waals surface area contributed by atoms with E-state index in [2.05, 4.69) is 25.8 Å². The van der Waals surface area contributed by atoms with Gasteiger partial charge in [0.1, 0.15) is 5.82 Å². The maximum atomic E-state index is 12.3. The van der Waals surface area contributed by atoms with Crippen LogP contribution in [-0.4, -0.2) is 34.2 Å². The Morgan fingerprint density at radius 2 is 1.96 bits per heavy atom. The number of aromatic amines is 1. The van der Waals surface area contributed by atoms with Gasteiger partial charge in [0, 0.05) is 29.7 Å². The van der Waals surface area contributed by atoms with E-state index in [4.69, 9.17) is 0 Å². The summed E-state index contributed by atoms with van der Waals surface area (Å²) < 4.78 is 0. The zero-order valence-corrected chi connectivity index (χ0v) is 14.8. The van der Waals surface area contributed by atoms with Gasteiger partial charge in [0.2, 0.25) is 5.91 Å². The van der Waals surface area contributed by atoms with E-state index in [0.717, 1.165) is 33.7 Å². The van der Waals surface area contributed by atoms with Crippen LogP contribution in [0.1, 0.15) is 29.8 Å². The summed E-state index contributed by atoms with van der Waals surface area (Å²) in [6, 6.07) is 12.0. The molecular weight excluding hydrogens is 314 g/mol. The van der Waals surface area contributed by atoms with Crippen molar-refractivity contribution in [1.82, 2.24) is 20.5 Å². The number of aromatic nitrogens is 3. The van der Waals surface area contributed by atoms with Gasteiger partial charge in [0.05, 0.1) is 17.1 Å². The van der Waals surface area contributed by atoms with Gasteiger partial charge in [0.15, 0.2) is 0 Å². The summed E-state index contributed by atoms with van der Waals surface area (Å²) in [6.45, 7) is 6.90. The number of pyridine rings is 1. The molecule has 2 heterocycles. The molecule has 1 atom stereocenters. The molecule has 0 aliphatic heterocycles. The van der Waals surface area contributed by atoms with E-state index in [0.29, 0.717) is 13.1 Å². The molecule has 0 saturated carbocycles. The van der Waals surface area contributed by atoms with Crippen LogP contribution in [0.4, 0.5) is 5.82 Å². The summed E-state index contributed by atoms with van der Waals surface area (Å²) in [6.07, 6.45) is 0. The second kappa shape index (κ2) is 7.34. The van der Waals surface area contributed by atoms with Crippen molar-refractivity contribution < 1.29 is 4.79 Å². The maximum Gasteiger partial charge on any atom is 0.227 e. The molecule has 25 heavy (non-hydrogen) atoms. The molecule has 0 fully saturated rings. The van der Waals surface area contributed by atoms with Gasteiger partial charge in [-0.2, -0.15) is 5.10 Å². The lowest BCUT2D eigenvalue weighted by Crippen LogP contribution is -2.32. The zero-order valence-electron chi connectivity index (χ0n) is 14.8. The number of anilines is 1. The van der Waals surface area contributed by atoms with Gasteiger partial charge >= 0.3 is 0 Å². The van der Waals surface area contributed by atoms with Crippen molar-refractivity contribution in [3.8, 4) is 0 Å². The number of fused-ring (bicyclic) bond motifs is 1. The van der Waals surface area contributed by atoms with Gasteiger partial charge in [-0.25, -0.2) is 4.98 Å². The summed E-state index contributed by atoms with van der Waals surface area (Å²) in [5.74, 6) is 0.584. The molecule has 3 rings (SSSR count). The van der Waals surface area contributed by atoms with Crippen LogP contribution in [0.3, 0.4) is 0 Å². The van der Waals surface area contributed by atoms with Crippen molar-refractivity contribution in [1.29, 1.82) is 0 Å². The number of H-pyrrole nitrogens is 1. The maximum absolute atomic E-state index is 12.3. The van der Waals surface area contributed by atoms with Gasteiger partial charge in [-0.3, -0.25) is 9.89 Å². The number of amides is 1. The van der Waals surface area contributed by atoms with E-state index in [9.17, 15) is 4.79 Å². The van der Waals surface area contributed by atoms with Crippen LogP contribution in [0.25, 0.3) is 10.9 Å². The van der Waals surface area contributed by atoms with E-state index in [1.807, 2.05) is 57.2 Å². The Hall–Kier alpha value is -2.89. The normalized spacial score (nSPS) is 12.1. The summed E-state index contributed by atoms with van der Waals surface area (Å²) in [4.78, 5) is 16.9. The van der Waals surface area contributed by atoms with Gasteiger partial charge in [0.25, 0.3) is 0 Å². The lowest BCUT2D eigenvalue weighted by atomic mass is 9.98. The van der Waals surface area contributed by atoms with E-state index < -0.39 is 0 Å². The fourth-order valence-electron chi connectivity index (χ4n) is 3.02. The van der Waals surface area contributed by atoms with E-state index in [1.54, 1.807) is 0 Å². The molecule has 6 nitrogen and oxygen atoms in total. The fraction of sp³-hybridized carbons (Fsp3) is 0.316. The Morgan fingerprint density at radius 3 is 2.72 bits per heavy atom. The zero-order chi connectivity index (χ0) is 17.8. The minimum absolute atomic E-state index is 0.000806. The third kappa shape index (κ3) is 3.79. The van der Waals surface area contributed by atoms with Crippen LogP contribution >= 0.6 is 0 Å². The number of carbonyl (C=O) groups excluding carboxylic acids is 1. The van der Waals surface area contributed by atoms with E-state index in [-0.39, 0.29) is 11.8 Å². The van der Waals surface area contributed by atoms with Crippen LogP contribution in [-0.2, 0) is 4.79 Å². The summed E-state index contributed by atoms with van der Waals surface area (Å²) in [5.41, 5.74) is 3.75. The number of carbonyl (C=O) groups is 1. The molecule has 1 aromatic carbocycles. The number of nitrogens with zero attached hydrogens (tertiary/aromatic N) is 2. The van der Waals surface area contributed by atoms with Crippen molar-refractivity contribution in [2.75, 3.05) is 18.4 Å². The van der Waals surface area contributed by atoms with Crippen LogP contribution in [0.2, 0.25) is 0 Å². The summed E-state index contributed by atoms with van der Waals surface area (Å²) >= 11 is 0. The largest absolute Gasteiger partial charge is 0.368 e. The van der Waals surface area contributed by atoms with Crippen molar-refractivity contribution in [3.05, 3.63) is 53.3 Å². The lowest BCUT2D eigenvalue weighted by Gasteiger charge is -2.13. The SMILES string of the molecule is Cc1n[nH]c(C)c1[C@@H](C)C(=O)NCCNc1ccc2ccccc2n1. The quantitative estimate of drug-likeness (QED) is 0.604. The fourth-order valence-corrected chi connectivity index (χ4v) is 3.02. The highest BCUT2D eigenvalue weighted by atomic mass is 16.1. The first-order chi connectivity index (χ1) is 12.1. The molecule has 0 spiro atoms. The van der Waals surface area contributed by atoms with Crippen LogP contribution in [0.15, 0.2) is 36.4 Å². The smallest absolute Gasteiger partial charge is 0.227 e. The molecule has 2 aromatic heterocycles. The highest BCUT2D eigenvalue weighted by Crippen LogP contribution is 2.21. The van der Waals surface area contributed by atoms with Crippen molar-refractivity contribution in [2.45, 2.75) is 26.7 Å². The number of para-hydroxylation sites is 1. The lowest BCUT2D eigenvalue weighted by molar-refractivity contribution is -0.122. The summed E-state index contributed by atoms with van der Waals surface area (Å²) in [7, 11) is 0. The first-order valence-corrected chi connectivity index (χ1v) is 8.45. The minimum Gasteiger partial charge on any atom is -0.368 e. The average molecular weight is 337 g/mol. The average Bonchev–Trinajstić information content (AvgIpc) is 2.96. The molecule has 0 aliphatic carbocycles. The monoisotopic (exact) mass is 337 g/mol. The van der Waals surface area contributed by atoms with Crippen molar-refractivity contribution >= 4 is 22.6 Å². The predicted octanol–water partition coefficient (Wildman–Crippen LogP) is 2.91. The molecule has 0 radical (unpaired) electrons. The third-order valence-corrected chi connectivity index (χ3v) is 4.34. The molecule has 0 saturated heterocycles. The van der Waals surface area contributed by atoms with E-state index >= 15 is 0 Å². The third-order valence-electron chi connectivity index (χ3n) is 4.34. The molecule has 3 N–H and O–H groups in total. The molecular formula is C19H23N5O. The van der Waals surface area contributed by atoms with Gasteiger partial charge in [-0.05, 0) is 39.0 Å². The van der Waals surface area contributed by atoms with Gasteiger partial charge in [-0.15, -0.1) is 0 Å². The first kappa shape index (κ1) is 17.0. The second-order valence-electron chi connectivity index (χ2n) is 6.18. The molecule has 0 aliphatic rings. The predicted molar refractivity (Wildman–Crippen MR) is 99.7 cm³/mol. The minimum atomic E-state index is -0.224. The molecule has 130 valence electrons. The molecule has 0 unspecified atom stereocenters. The molecule has 6 heteroatoms. The van der Waals surface area contributed by atoms with Gasteiger partial charge < -0.3 is 10.6 Å².